The van der Waals surface area contributed by atoms with Gasteiger partial charge in [0.25, 0.3) is 5.91 Å². The van der Waals surface area contributed by atoms with E-state index in [2.05, 4.69) is 36.3 Å². The Kier molecular flexibility index (Phi) is 12.2. The molecule has 2 aromatic rings. The molecular weight excluding hydrogens is 556 g/mol. The minimum absolute atomic E-state index is 0. The van der Waals surface area contributed by atoms with Gasteiger partial charge in [0.15, 0.2) is 0 Å². The summed E-state index contributed by atoms with van der Waals surface area (Å²) in [6, 6.07) is 14.4. The zero-order valence-electron chi connectivity index (χ0n) is 24.9. The summed E-state index contributed by atoms with van der Waals surface area (Å²) in [5.41, 5.74) is 0.903. The molecule has 3 amide bonds. The molecule has 10 heteroatoms. The van der Waals surface area contributed by atoms with Gasteiger partial charge in [-0.05, 0) is 73.6 Å². The number of unbranched alkanes of at least 4 members (excludes halogenated alkanes) is 1. The molecule has 42 heavy (non-hydrogen) atoms. The first kappa shape index (κ1) is 33.4. The van der Waals surface area contributed by atoms with Crippen molar-refractivity contribution in [3.63, 3.8) is 0 Å². The smallest absolute Gasteiger partial charge is 0.251 e. The maximum atomic E-state index is 13.5. The average Bonchev–Trinajstić information content (AvgIpc) is 2.97. The van der Waals surface area contributed by atoms with Gasteiger partial charge < -0.3 is 25.4 Å². The molecule has 0 bridgehead atoms. The van der Waals surface area contributed by atoms with Crippen molar-refractivity contribution in [1.82, 2.24) is 20.4 Å². The van der Waals surface area contributed by atoms with Crippen LogP contribution in [0.3, 0.4) is 0 Å². The summed E-state index contributed by atoms with van der Waals surface area (Å²) in [7, 11) is 0. The zero-order chi connectivity index (χ0) is 29.4. The Labute approximate surface area is 255 Å². The van der Waals surface area contributed by atoms with E-state index >= 15 is 0 Å². The number of halogens is 1. The van der Waals surface area contributed by atoms with Crippen molar-refractivity contribution >= 4 is 30.1 Å². The summed E-state index contributed by atoms with van der Waals surface area (Å²) in [4.78, 5) is 43.2. The van der Waals surface area contributed by atoms with Gasteiger partial charge in [-0.2, -0.15) is 0 Å². The topological polar surface area (TPSA) is 111 Å². The summed E-state index contributed by atoms with van der Waals surface area (Å²) < 4.78 is 5.95. The Morgan fingerprint density at radius 3 is 2.26 bits per heavy atom. The third-order valence-electron chi connectivity index (χ3n) is 8.01. The SMILES string of the molecule is CCCCN1C(=O)[C@H](CC(C)C)NC(=O)C12CCN(Cc1ccc(Oc3ccc(C(=O)NCCO)cc3)cc1)CC2.Cl. The average molecular weight is 601 g/mol. The van der Waals surface area contributed by atoms with E-state index in [4.69, 9.17) is 9.84 Å². The van der Waals surface area contributed by atoms with Crippen LogP contribution < -0.4 is 15.4 Å². The van der Waals surface area contributed by atoms with Gasteiger partial charge in [0.05, 0.1) is 6.61 Å². The highest BCUT2D eigenvalue weighted by Crippen LogP contribution is 2.35. The second kappa shape index (κ2) is 15.4. The predicted octanol–water partition coefficient (Wildman–Crippen LogP) is 4.13. The van der Waals surface area contributed by atoms with Crippen LogP contribution in [0.5, 0.6) is 11.5 Å². The van der Waals surface area contributed by atoms with Crippen molar-refractivity contribution in [2.24, 2.45) is 5.92 Å². The third kappa shape index (κ3) is 8.02. The molecule has 0 aliphatic carbocycles. The second-order valence-electron chi connectivity index (χ2n) is 11.6. The van der Waals surface area contributed by atoms with Crippen LogP contribution >= 0.6 is 12.4 Å². The molecule has 0 saturated carbocycles. The molecule has 1 atom stereocenters. The van der Waals surface area contributed by atoms with Gasteiger partial charge in [0.1, 0.15) is 23.1 Å². The number of ether oxygens (including phenoxy) is 1. The summed E-state index contributed by atoms with van der Waals surface area (Å²) in [5.74, 6) is 1.51. The summed E-state index contributed by atoms with van der Waals surface area (Å²) in [6.45, 7) is 9.28. The number of aliphatic hydroxyl groups excluding tert-OH is 1. The van der Waals surface area contributed by atoms with E-state index in [0.717, 1.165) is 38.0 Å². The van der Waals surface area contributed by atoms with E-state index in [-0.39, 0.29) is 43.3 Å². The molecule has 0 unspecified atom stereocenters. The lowest BCUT2D eigenvalue weighted by molar-refractivity contribution is -0.161. The molecule has 2 fully saturated rings. The highest BCUT2D eigenvalue weighted by atomic mass is 35.5. The van der Waals surface area contributed by atoms with E-state index < -0.39 is 11.6 Å². The molecule has 2 aliphatic heterocycles. The van der Waals surface area contributed by atoms with E-state index in [1.165, 1.54) is 0 Å². The fraction of sp³-hybridized carbons (Fsp3) is 0.531. The molecular formula is C32H45ClN4O5. The van der Waals surface area contributed by atoms with Crippen LogP contribution in [-0.2, 0) is 16.1 Å². The number of nitrogens with one attached hydrogen (secondary N) is 2. The normalized spacial score (nSPS) is 18.5. The first-order valence-electron chi connectivity index (χ1n) is 14.9. The standard InChI is InChI=1S/C32H44N4O5.ClH/c1-4-5-17-36-30(39)28(21-23(2)3)34-31(40)32(36)14-18-35(19-15-32)22-24-6-10-26(11-7-24)41-27-12-8-25(9-13-27)29(38)33-16-20-37;/h6-13,23,28,37H,4-5,14-22H2,1-3H3,(H,33,38)(H,34,40);1H/t28-;/m0./s1. The predicted molar refractivity (Wildman–Crippen MR) is 165 cm³/mol. The fourth-order valence-electron chi connectivity index (χ4n) is 5.73. The summed E-state index contributed by atoms with van der Waals surface area (Å²) >= 11 is 0. The maximum Gasteiger partial charge on any atom is 0.251 e. The van der Waals surface area contributed by atoms with Crippen LogP contribution in [0.2, 0.25) is 0 Å². The number of hydrogen-bond acceptors (Lipinski definition) is 6. The number of aliphatic hydroxyl groups is 1. The number of rotatable bonds is 12. The van der Waals surface area contributed by atoms with Crippen LogP contribution in [0, 0.1) is 5.92 Å². The quantitative estimate of drug-likeness (QED) is 0.338. The molecule has 2 aromatic carbocycles. The van der Waals surface area contributed by atoms with Crippen molar-refractivity contribution in [3.8, 4) is 11.5 Å². The van der Waals surface area contributed by atoms with E-state index in [9.17, 15) is 14.4 Å². The van der Waals surface area contributed by atoms with Gasteiger partial charge >= 0.3 is 0 Å². The molecule has 3 N–H and O–H groups in total. The number of carbonyl (C=O) groups excluding carboxylic acids is 3. The number of hydrogen-bond donors (Lipinski definition) is 3. The molecule has 1 spiro atoms. The summed E-state index contributed by atoms with van der Waals surface area (Å²) in [6.07, 6.45) is 3.83. The molecule has 0 aromatic heterocycles. The highest BCUT2D eigenvalue weighted by molar-refractivity contribution is 6.00. The van der Waals surface area contributed by atoms with Gasteiger partial charge in [-0.3, -0.25) is 19.3 Å². The fourth-order valence-corrected chi connectivity index (χ4v) is 5.73. The van der Waals surface area contributed by atoms with Crippen molar-refractivity contribution in [3.05, 3.63) is 59.7 Å². The van der Waals surface area contributed by atoms with Crippen molar-refractivity contribution in [2.75, 3.05) is 32.8 Å². The number of nitrogens with zero attached hydrogens (tertiary/aromatic N) is 2. The van der Waals surface area contributed by atoms with E-state index in [1.54, 1.807) is 24.3 Å². The maximum absolute atomic E-state index is 13.5. The van der Waals surface area contributed by atoms with Gasteiger partial charge in [-0.15, -0.1) is 12.4 Å². The van der Waals surface area contributed by atoms with Crippen molar-refractivity contribution in [1.29, 1.82) is 0 Å². The number of benzene rings is 2. The Morgan fingerprint density at radius 2 is 1.69 bits per heavy atom. The number of amides is 3. The minimum atomic E-state index is -0.747. The Bertz CT molecular complexity index is 1180. The van der Waals surface area contributed by atoms with E-state index in [0.29, 0.717) is 48.8 Å². The van der Waals surface area contributed by atoms with Crippen LogP contribution in [0.4, 0.5) is 0 Å². The zero-order valence-corrected chi connectivity index (χ0v) is 25.8. The molecule has 4 rings (SSSR count). The van der Waals surface area contributed by atoms with Gasteiger partial charge in [-0.25, -0.2) is 0 Å². The van der Waals surface area contributed by atoms with E-state index in [1.807, 2.05) is 29.2 Å². The number of likely N-dealkylation sites (tertiary alicyclic amines) is 1. The van der Waals surface area contributed by atoms with Gasteiger partial charge in [0, 0.05) is 38.3 Å². The number of carbonyl (C=O) groups is 3. The van der Waals surface area contributed by atoms with Crippen LogP contribution in [0.1, 0.15) is 68.8 Å². The lowest BCUT2D eigenvalue weighted by Gasteiger charge is -2.52. The molecule has 9 nitrogen and oxygen atoms in total. The van der Waals surface area contributed by atoms with Crippen LogP contribution in [-0.4, -0.2) is 77.0 Å². The van der Waals surface area contributed by atoms with Crippen molar-refractivity contribution < 1.29 is 24.2 Å². The Balaban J connectivity index is 0.00000484. The van der Waals surface area contributed by atoms with Crippen LogP contribution in [0.15, 0.2) is 48.5 Å². The third-order valence-corrected chi connectivity index (χ3v) is 8.01. The summed E-state index contributed by atoms with van der Waals surface area (Å²) in [5, 5.41) is 14.6. The monoisotopic (exact) mass is 600 g/mol. The Morgan fingerprint density at radius 1 is 1.07 bits per heavy atom. The van der Waals surface area contributed by atoms with Crippen LogP contribution in [0.25, 0.3) is 0 Å². The first-order chi connectivity index (χ1) is 19.8. The Hall–Kier alpha value is -3.14. The number of piperidine rings is 1. The molecule has 2 heterocycles. The molecule has 2 saturated heterocycles. The van der Waals surface area contributed by atoms with Gasteiger partial charge in [-0.1, -0.05) is 39.3 Å². The lowest BCUT2D eigenvalue weighted by atomic mass is 9.80. The minimum Gasteiger partial charge on any atom is -0.457 e. The van der Waals surface area contributed by atoms with Crippen molar-refractivity contribution in [2.45, 2.75) is 71.0 Å². The molecule has 230 valence electrons. The largest absolute Gasteiger partial charge is 0.457 e. The van der Waals surface area contributed by atoms with Gasteiger partial charge in [0.2, 0.25) is 11.8 Å². The second-order valence-corrected chi connectivity index (χ2v) is 11.6. The number of piperazine rings is 1. The molecule has 2 aliphatic rings. The molecule has 0 radical (unpaired) electrons. The first-order valence-corrected chi connectivity index (χ1v) is 14.9. The highest BCUT2D eigenvalue weighted by Gasteiger charge is 2.53. The lowest BCUT2D eigenvalue weighted by Crippen LogP contribution is -2.73.